The minimum Gasteiger partial charge on any atom is -0.497 e. The number of amides is 1. The highest BCUT2D eigenvalue weighted by Gasteiger charge is 2.10. The van der Waals surface area contributed by atoms with Crippen LogP contribution in [0.25, 0.3) is 10.1 Å². The van der Waals surface area contributed by atoms with Crippen LogP contribution in [0.4, 0.5) is 10.5 Å². The van der Waals surface area contributed by atoms with E-state index in [4.69, 9.17) is 9.47 Å². The largest absolute Gasteiger partial charge is 0.497 e. The van der Waals surface area contributed by atoms with Gasteiger partial charge in [-0.1, -0.05) is 12.1 Å². The Morgan fingerprint density at radius 1 is 1.14 bits per heavy atom. The molecule has 0 saturated carbocycles. The van der Waals surface area contributed by atoms with E-state index in [1.54, 1.807) is 48.8 Å². The van der Waals surface area contributed by atoms with Crippen molar-refractivity contribution in [3.8, 4) is 11.5 Å². The van der Waals surface area contributed by atoms with Gasteiger partial charge in [-0.2, -0.15) is 0 Å². The van der Waals surface area contributed by atoms with Crippen LogP contribution in [0.5, 0.6) is 11.5 Å². The lowest BCUT2D eigenvalue weighted by atomic mass is 10.2. The van der Waals surface area contributed by atoms with Crippen molar-refractivity contribution in [2.75, 3.05) is 12.4 Å². The molecule has 3 rings (SSSR count). The lowest BCUT2D eigenvalue weighted by Gasteiger charge is -2.08. The van der Waals surface area contributed by atoms with Crippen molar-refractivity contribution in [3.05, 3.63) is 53.4 Å². The van der Waals surface area contributed by atoms with Gasteiger partial charge in [0.2, 0.25) is 0 Å². The topological polar surface area (TPSA) is 47.6 Å². The van der Waals surface area contributed by atoms with Gasteiger partial charge >= 0.3 is 6.09 Å². The number of hydrogen-bond acceptors (Lipinski definition) is 4. The summed E-state index contributed by atoms with van der Waals surface area (Å²) in [5.41, 5.74) is 1.83. The molecule has 3 aromatic rings. The van der Waals surface area contributed by atoms with E-state index < -0.39 is 6.09 Å². The first-order valence-corrected chi connectivity index (χ1v) is 7.65. The maximum absolute atomic E-state index is 12.0. The van der Waals surface area contributed by atoms with Gasteiger partial charge in [-0.05, 0) is 53.6 Å². The molecule has 0 aliphatic rings. The molecule has 0 aliphatic carbocycles. The molecule has 1 aromatic heterocycles. The SMILES string of the molecule is COc1ccc(NC(=O)Oc2cccc3c(C)csc23)cc1. The van der Waals surface area contributed by atoms with Crippen molar-refractivity contribution < 1.29 is 14.3 Å². The minimum atomic E-state index is -0.510. The fourth-order valence-electron chi connectivity index (χ4n) is 2.16. The first-order valence-electron chi connectivity index (χ1n) is 6.77. The Hall–Kier alpha value is -2.53. The van der Waals surface area contributed by atoms with Crippen molar-refractivity contribution >= 4 is 33.2 Å². The average Bonchev–Trinajstić information content (AvgIpc) is 2.91. The molecule has 0 unspecified atom stereocenters. The van der Waals surface area contributed by atoms with Gasteiger partial charge in [0.1, 0.15) is 5.75 Å². The molecule has 2 aromatic carbocycles. The molecule has 22 heavy (non-hydrogen) atoms. The normalized spacial score (nSPS) is 10.5. The zero-order chi connectivity index (χ0) is 15.5. The van der Waals surface area contributed by atoms with Gasteiger partial charge in [0, 0.05) is 5.69 Å². The maximum Gasteiger partial charge on any atom is 0.417 e. The quantitative estimate of drug-likeness (QED) is 0.753. The van der Waals surface area contributed by atoms with Crippen LogP contribution in [0, 0.1) is 6.92 Å². The molecular weight excluding hydrogens is 298 g/mol. The predicted octanol–water partition coefficient (Wildman–Crippen LogP) is 4.83. The molecule has 4 nitrogen and oxygen atoms in total. The fraction of sp³-hybridized carbons (Fsp3) is 0.118. The molecule has 1 heterocycles. The van der Waals surface area contributed by atoms with E-state index in [2.05, 4.69) is 10.7 Å². The third-order valence-electron chi connectivity index (χ3n) is 3.30. The Bertz CT molecular complexity index is 808. The Morgan fingerprint density at radius 2 is 1.91 bits per heavy atom. The Labute approximate surface area is 132 Å². The number of anilines is 1. The van der Waals surface area contributed by atoms with Crippen molar-refractivity contribution in [1.29, 1.82) is 0 Å². The number of fused-ring (bicyclic) bond motifs is 1. The molecule has 0 atom stereocenters. The highest BCUT2D eigenvalue weighted by atomic mass is 32.1. The summed E-state index contributed by atoms with van der Waals surface area (Å²) in [7, 11) is 1.60. The van der Waals surface area contributed by atoms with E-state index in [1.807, 2.05) is 19.1 Å². The second-order valence-corrected chi connectivity index (χ2v) is 5.67. The summed E-state index contributed by atoms with van der Waals surface area (Å²) in [5.74, 6) is 1.30. The molecule has 0 aliphatic heterocycles. The lowest BCUT2D eigenvalue weighted by molar-refractivity contribution is 0.216. The van der Waals surface area contributed by atoms with Crippen LogP contribution in [0.1, 0.15) is 5.56 Å². The number of thiophene rings is 1. The number of nitrogens with one attached hydrogen (secondary N) is 1. The van der Waals surface area contributed by atoms with Crippen LogP contribution in [0.3, 0.4) is 0 Å². The minimum absolute atomic E-state index is 0.510. The summed E-state index contributed by atoms with van der Waals surface area (Å²) < 4.78 is 11.5. The van der Waals surface area contributed by atoms with Crippen LogP contribution >= 0.6 is 11.3 Å². The van der Waals surface area contributed by atoms with Gasteiger partial charge in [0.25, 0.3) is 0 Å². The molecule has 5 heteroatoms. The summed E-state index contributed by atoms with van der Waals surface area (Å²) in [4.78, 5) is 12.0. The summed E-state index contributed by atoms with van der Waals surface area (Å²) in [5, 5.41) is 5.87. The highest BCUT2D eigenvalue weighted by Crippen LogP contribution is 2.33. The Kier molecular flexibility index (Phi) is 3.98. The van der Waals surface area contributed by atoms with Gasteiger partial charge in [0.15, 0.2) is 5.75 Å². The predicted molar refractivity (Wildman–Crippen MR) is 89.2 cm³/mol. The molecule has 0 radical (unpaired) electrons. The zero-order valence-corrected chi connectivity index (χ0v) is 13.1. The van der Waals surface area contributed by atoms with Crippen molar-refractivity contribution in [1.82, 2.24) is 0 Å². The maximum atomic E-state index is 12.0. The summed E-state index contributed by atoms with van der Waals surface area (Å²) in [6, 6.07) is 12.8. The fourth-order valence-corrected chi connectivity index (χ4v) is 3.16. The second-order valence-electron chi connectivity index (χ2n) is 4.79. The number of carbonyl (C=O) groups is 1. The number of carbonyl (C=O) groups excluding carboxylic acids is 1. The molecule has 0 saturated heterocycles. The van der Waals surface area contributed by atoms with Crippen LogP contribution in [0.2, 0.25) is 0 Å². The summed E-state index contributed by atoms with van der Waals surface area (Å²) in [6.45, 7) is 2.04. The van der Waals surface area contributed by atoms with Gasteiger partial charge in [-0.15, -0.1) is 11.3 Å². The molecule has 0 bridgehead atoms. The highest BCUT2D eigenvalue weighted by molar-refractivity contribution is 7.17. The second kappa shape index (κ2) is 6.07. The molecule has 0 spiro atoms. The molecule has 1 N–H and O–H groups in total. The van der Waals surface area contributed by atoms with Crippen LogP contribution in [-0.2, 0) is 0 Å². The van der Waals surface area contributed by atoms with Crippen LogP contribution in [0.15, 0.2) is 47.8 Å². The average molecular weight is 313 g/mol. The number of aryl methyl sites for hydroxylation is 1. The first-order chi connectivity index (χ1) is 10.7. The number of rotatable bonds is 3. The van der Waals surface area contributed by atoms with E-state index in [-0.39, 0.29) is 0 Å². The van der Waals surface area contributed by atoms with Crippen molar-refractivity contribution in [2.24, 2.45) is 0 Å². The standard InChI is InChI=1S/C17H15NO3S/c1-11-10-22-16-14(11)4-3-5-15(16)21-17(19)18-12-6-8-13(20-2)9-7-12/h3-10H,1-2H3,(H,18,19). The van der Waals surface area contributed by atoms with Gasteiger partial charge in [-0.25, -0.2) is 4.79 Å². The third-order valence-corrected chi connectivity index (χ3v) is 4.42. The van der Waals surface area contributed by atoms with E-state index in [0.717, 1.165) is 15.8 Å². The van der Waals surface area contributed by atoms with Crippen LogP contribution < -0.4 is 14.8 Å². The van der Waals surface area contributed by atoms with Crippen molar-refractivity contribution in [3.63, 3.8) is 0 Å². The van der Waals surface area contributed by atoms with Gasteiger partial charge in [0.05, 0.1) is 11.8 Å². The van der Waals surface area contributed by atoms with E-state index in [9.17, 15) is 4.79 Å². The van der Waals surface area contributed by atoms with E-state index >= 15 is 0 Å². The van der Waals surface area contributed by atoms with Crippen LogP contribution in [-0.4, -0.2) is 13.2 Å². The Balaban J connectivity index is 1.75. The first kappa shape index (κ1) is 14.4. The van der Waals surface area contributed by atoms with Gasteiger partial charge < -0.3 is 9.47 Å². The van der Waals surface area contributed by atoms with Crippen molar-refractivity contribution in [2.45, 2.75) is 6.92 Å². The number of benzene rings is 2. The Morgan fingerprint density at radius 3 is 2.64 bits per heavy atom. The molecule has 0 fully saturated rings. The number of hydrogen-bond donors (Lipinski definition) is 1. The summed E-state index contributed by atoms with van der Waals surface area (Å²) in [6.07, 6.45) is -0.510. The zero-order valence-electron chi connectivity index (χ0n) is 12.3. The van der Waals surface area contributed by atoms with E-state index in [0.29, 0.717) is 11.4 Å². The molecule has 1 amide bonds. The van der Waals surface area contributed by atoms with E-state index in [1.165, 1.54) is 5.56 Å². The van der Waals surface area contributed by atoms with Gasteiger partial charge in [-0.3, -0.25) is 5.32 Å². The third kappa shape index (κ3) is 2.89. The smallest absolute Gasteiger partial charge is 0.417 e. The monoisotopic (exact) mass is 313 g/mol. The lowest BCUT2D eigenvalue weighted by Crippen LogP contribution is -2.16. The molecule has 112 valence electrons. The molecular formula is C17H15NO3S. The summed E-state index contributed by atoms with van der Waals surface area (Å²) >= 11 is 1.57. The number of methoxy groups -OCH3 is 1. The number of ether oxygens (including phenoxy) is 2.